The van der Waals surface area contributed by atoms with Gasteiger partial charge in [0.05, 0.1) is 0 Å². The van der Waals surface area contributed by atoms with Crippen molar-refractivity contribution in [2.45, 2.75) is 71.1 Å². The predicted octanol–water partition coefficient (Wildman–Crippen LogP) is 5.36. The fourth-order valence-corrected chi connectivity index (χ4v) is 16.7. The molecule has 0 saturated heterocycles. The van der Waals surface area contributed by atoms with E-state index in [1.54, 1.807) is 0 Å². The van der Waals surface area contributed by atoms with Crippen LogP contribution in [0.5, 0.6) is 0 Å². The Bertz CT molecular complexity index is 379. The first kappa shape index (κ1) is 17.7. The molecule has 0 N–H and O–H groups in total. The zero-order chi connectivity index (χ0) is 15.9. The van der Waals surface area contributed by atoms with Gasteiger partial charge in [0.2, 0.25) is 0 Å². The molecule has 3 atom stereocenters. The molecule has 2 aliphatic carbocycles. The number of hydrogen-bond acceptors (Lipinski definition) is 2. The van der Waals surface area contributed by atoms with Gasteiger partial charge in [-0.3, -0.25) is 0 Å². The molecule has 21 heavy (non-hydrogen) atoms. The Morgan fingerprint density at radius 1 is 0.857 bits per heavy atom. The van der Waals surface area contributed by atoms with Crippen molar-refractivity contribution in [3.05, 3.63) is 12.2 Å². The highest BCUT2D eigenvalue weighted by atomic mass is 28.5. The van der Waals surface area contributed by atoms with Gasteiger partial charge in [-0.1, -0.05) is 12.2 Å². The summed E-state index contributed by atoms with van der Waals surface area (Å²) >= 11 is 0. The summed E-state index contributed by atoms with van der Waals surface area (Å²) in [6.45, 7) is 16.1. The molecule has 0 aromatic carbocycles. The van der Waals surface area contributed by atoms with Crippen LogP contribution in [-0.2, 0) is 8.23 Å². The summed E-state index contributed by atoms with van der Waals surface area (Å²) in [5.41, 5.74) is 0. The van der Waals surface area contributed by atoms with Gasteiger partial charge >= 0.3 is 8.56 Å². The highest BCUT2D eigenvalue weighted by Crippen LogP contribution is 2.46. The van der Waals surface area contributed by atoms with Crippen LogP contribution in [0.3, 0.4) is 0 Å². The van der Waals surface area contributed by atoms with Crippen molar-refractivity contribution in [3.63, 3.8) is 0 Å². The summed E-state index contributed by atoms with van der Waals surface area (Å²) in [7, 11) is -5.10. The molecule has 0 radical (unpaired) electrons. The molecular weight excluding hydrogens is 308 g/mol. The van der Waals surface area contributed by atoms with Gasteiger partial charge in [0.15, 0.2) is 16.6 Å². The van der Waals surface area contributed by atoms with Gasteiger partial charge in [-0.2, -0.15) is 0 Å². The zero-order valence-corrected chi connectivity index (χ0v) is 18.0. The average Bonchev–Trinajstić information content (AvgIpc) is 2.82. The zero-order valence-electron chi connectivity index (χ0n) is 15.0. The Kier molecular flexibility index (Phi) is 5.11. The highest BCUT2D eigenvalue weighted by Gasteiger charge is 2.42. The summed E-state index contributed by atoms with van der Waals surface area (Å²) in [5, 5.41) is 0. The normalized spacial score (nSPS) is 29.4. The standard InChI is InChI=1S/C16H34O2Si3/c1-19(2,3)17-21(7,18-20(4,5)6)11-10-16-13-14-8-9-15(16)12-14/h8-9,14-16H,10-13H2,1-7H3. The number of rotatable bonds is 7. The second kappa shape index (κ2) is 6.07. The molecule has 0 aromatic rings. The van der Waals surface area contributed by atoms with Gasteiger partial charge in [-0.25, -0.2) is 0 Å². The Balaban J connectivity index is 1.97. The number of fused-ring (bicyclic) bond motifs is 2. The lowest BCUT2D eigenvalue weighted by Gasteiger charge is -2.39. The van der Waals surface area contributed by atoms with Crippen LogP contribution in [0.1, 0.15) is 19.3 Å². The van der Waals surface area contributed by atoms with E-state index >= 15 is 0 Å². The van der Waals surface area contributed by atoms with E-state index in [1.165, 1.54) is 25.3 Å². The molecule has 2 rings (SSSR count). The molecule has 0 spiro atoms. The van der Waals surface area contributed by atoms with Crippen LogP contribution < -0.4 is 0 Å². The van der Waals surface area contributed by atoms with Crippen molar-refractivity contribution in [1.29, 1.82) is 0 Å². The van der Waals surface area contributed by atoms with Crippen molar-refractivity contribution in [2.75, 3.05) is 0 Å². The van der Waals surface area contributed by atoms with E-state index in [2.05, 4.69) is 58.0 Å². The van der Waals surface area contributed by atoms with Crippen molar-refractivity contribution in [1.82, 2.24) is 0 Å². The number of allylic oxidation sites excluding steroid dienone is 2. The maximum Gasteiger partial charge on any atom is 0.314 e. The van der Waals surface area contributed by atoms with E-state index in [0.717, 1.165) is 17.8 Å². The molecule has 1 fully saturated rings. The largest absolute Gasteiger partial charge is 0.437 e. The molecule has 122 valence electrons. The van der Waals surface area contributed by atoms with Crippen LogP contribution in [0.4, 0.5) is 0 Å². The van der Waals surface area contributed by atoms with Crippen molar-refractivity contribution >= 4 is 25.2 Å². The third kappa shape index (κ3) is 5.46. The maximum absolute atomic E-state index is 6.61. The molecule has 2 aliphatic rings. The molecule has 2 nitrogen and oxygen atoms in total. The minimum atomic E-state index is -2.02. The monoisotopic (exact) mass is 342 g/mol. The van der Waals surface area contributed by atoms with Crippen molar-refractivity contribution < 1.29 is 8.23 Å². The van der Waals surface area contributed by atoms with Gasteiger partial charge in [-0.15, -0.1) is 0 Å². The lowest BCUT2D eigenvalue weighted by atomic mass is 9.91. The quantitative estimate of drug-likeness (QED) is 0.458. The van der Waals surface area contributed by atoms with Gasteiger partial charge in [0, 0.05) is 0 Å². The second-order valence-corrected chi connectivity index (χ2v) is 22.0. The first-order valence-electron chi connectivity index (χ1n) is 8.54. The summed E-state index contributed by atoms with van der Waals surface area (Å²) in [6, 6.07) is 1.18. The van der Waals surface area contributed by atoms with Crippen LogP contribution in [0.2, 0.25) is 51.9 Å². The van der Waals surface area contributed by atoms with Gasteiger partial charge in [0.25, 0.3) is 0 Å². The molecule has 1 saturated carbocycles. The van der Waals surface area contributed by atoms with E-state index in [9.17, 15) is 0 Å². The minimum Gasteiger partial charge on any atom is -0.437 e. The van der Waals surface area contributed by atoms with Gasteiger partial charge in [-0.05, 0) is 88.9 Å². The molecule has 5 heteroatoms. The topological polar surface area (TPSA) is 18.5 Å². The third-order valence-electron chi connectivity index (χ3n) is 4.43. The lowest BCUT2D eigenvalue weighted by molar-refractivity contribution is 0.359. The number of hydrogen-bond donors (Lipinski definition) is 0. The third-order valence-corrected chi connectivity index (χ3v) is 14.0. The summed E-state index contributed by atoms with van der Waals surface area (Å²) in [4.78, 5) is 0. The van der Waals surface area contributed by atoms with E-state index < -0.39 is 25.2 Å². The average molecular weight is 343 g/mol. The Hall–Kier alpha value is 0.311. The summed E-state index contributed by atoms with van der Waals surface area (Å²) in [5.74, 6) is 2.62. The van der Waals surface area contributed by atoms with E-state index in [1.807, 2.05) is 0 Å². The summed E-state index contributed by atoms with van der Waals surface area (Å²) in [6.07, 6.45) is 9.03. The predicted molar refractivity (Wildman–Crippen MR) is 98.7 cm³/mol. The van der Waals surface area contributed by atoms with Gasteiger partial charge < -0.3 is 8.23 Å². The molecule has 0 heterocycles. The molecule has 0 amide bonds. The Morgan fingerprint density at radius 3 is 1.81 bits per heavy atom. The van der Waals surface area contributed by atoms with Crippen LogP contribution in [0, 0.1) is 17.8 Å². The Labute approximate surface area is 134 Å². The van der Waals surface area contributed by atoms with Crippen molar-refractivity contribution in [2.24, 2.45) is 17.8 Å². The molecule has 0 aliphatic heterocycles. The maximum atomic E-state index is 6.61. The van der Waals surface area contributed by atoms with E-state index in [0.29, 0.717) is 0 Å². The first-order chi connectivity index (χ1) is 9.46. The van der Waals surface area contributed by atoms with E-state index in [-0.39, 0.29) is 0 Å². The van der Waals surface area contributed by atoms with Gasteiger partial charge in [0.1, 0.15) is 0 Å². The molecular formula is C16H34O2Si3. The minimum absolute atomic E-state index is 0.854. The van der Waals surface area contributed by atoms with Crippen LogP contribution in [-0.4, -0.2) is 25.2 Å². The second-order valence-electron chi connectivity index (χ2n) is 9.14. The smallest absolute Gasteiger partial charge is 0.314 e. The first-order valence-corrected chi connectivity index (χ1v) is 17.9. The highest BCUT2D eigenvalue weighted by molar-refractivity contribution is 6.87. The summed E-state index contributed by atoms with van der Waals surface area (Å²) < 4.78 is 13.2. The molecule has 3 unspecified atom stereocenters. The fourth-order valence-electron chi connectivity index (χ4n) is 4.09. The van der Waals surface area contributed by atoms with Crippen molar-refractivity contribution in [3.8, 4) is 0 Å². The van der Waals surface area contributed by atoms with Crippen LogP contribution >= 0.6 is 0 Å². The fraction of sp³-hybridized carbons (Fsp3) is 0.875. The molecule has 0 aromatic heterocycles. The molecule has 2 bridgehead atoms. The SMILES string of the molecule is C[Si](C)(C)O[Si](C)(CCC1CC2C=CC1C2)O[Si](C)(C)C. The lowest BCUT2D eigenvalue weighted by Crippen LogP contribution is -2.52. The van der Waals surface area contributed by atoms with Crippen LogP contribution in [0.15, 0.2) is 12.2 Å². The van der Waals surface area contributed by atoms with Crippen LogP contribution in [0.25, 0.3) is 0 Å². The Morgan fingerprint density at radius 2 is 1.43 bits per heavy atom. The van der Waals surface area contributed by atoms with E-state index in [4.69, 9.17) is 8.23 Å².